The smallest absolute Gasteiger partial charge is 0.283 e. The van der Waals surface area contributed by atoms with Crippen molar-refractivity contribution in [3.63, 3.8) is 0 Å². The third-order valence-corrected chi connectivity index (χ3v) is 4.09. The van der Waals surface area contributed by atoms with Crippen LogP contribution in [0.15, 0.2) is 15.5 Å². The van der Waals surface area contributed by atoms with Crippen LogP contribution in [-0.2, 0) is 16.0 Å². The van der Waals surface area contributed by atoms with Crippen LogP contribution in [0.3, 0.4) is 0 Å². The third kappa shape index (κ3) is 5.41. The molecule has 7 heteroatoms. The van der Waals surface area contributed by atoms with Crippen LogP contribution in [-0.4, -0.2) is 43.3 Å². The molecule has 0 bridgehead atoms. The van der Waals surface area contributed by atoms with Crippen molar-refractivity contribution >= 4 is 21.6 Å². The fourth-order valence-corrected chi connectivity index (χ4v) is 2.35. The van der Waals surface area contributed by atoms with Gasteiger partial charge in [-0.25, -0.2) is 4.68 Å². The molecule has 0 atom stereocenters. The minimum atomic E-state index is -0.0664. The highest BCUT2D eigenvalue weighted by Crippen LogP contribution is 2.30. The summed E-state index contributed by atoms with van der Waals surface area (Å²) in [4.78, 5) is 12.1. The van der Waals surface area contributed by atoms with E-state index in [1.165, 1.54) is 12.8 Å². The number of ether oxygens (including phenoxy) is 2. The van der Waals surface area contributed by atoms with Crippen molar-refractivity contribution in [2.75, 3.05) is 38.8 Å². The average molecular weight is 360 g/mol. The molecular formula is C14H22BrN3O3. The van der Waals surface area contributed by atoms with Crippen LogP contribution in [0.2, 0.25) is 0 Å². The number of aromatic nitrogens is 2. The molecule has 0 aromatic carbocycles. The van der Waals surface area contributed by atoms with Crippen molar-refractivity contribution < 1.29 is 9.47 Å². The number of rotatable bonds is 10. The van der Waals surface area contributed by atoms with Crippen LogP contribution in [0.5, 0.6) is 0 Å². The summed E-state index contributed by atoms with van der Waals surface area (Å²) in [7, 11) is 1.65. The fourth-order valence-electron chi connectivity index (χ4n) is 1.90. The SMILES string of the molecule is COCCOCCCNc1cnn(CC2CC2)c(=O)c1Br. The van der Waals surface area contributed by atoms with Gasteiger partial charge in [0, 0.05) is 26.8 Å². The van der Waals surface area contributed by atoms with Crippen molar-refractivity contribution in [1.29, 1.82) is 0 Å². The molecular weight excluding hydrogens is 338 g/mol. The molecule has 0 amide bonds. The molecule has 118 valence electrons. The van der Waals surface area contributed by atoms with Crippen LogP contribution in [0.1, 0.15) is 19.3 Å². The van der Waals surface area contributed by atoms with Crippen molar-refractivity contribution in [2.24, 2.45) is 5.92 Å². The number of hydrogen-bond donors (Lipinski definition) is 1. The van der Waals surface area contributed by atoms with Crippen molar-refractivity contribution in [2.45, 2.75) is 25.8 Å². The second-order valence-electron chi connectivity index (χ2n) is 5.19. The Labute approximate surface area is 132 Å². The first-order chi connectivity index (χ1) is 10.2. The number of nitrogens with zero attached hydrogens (tertiary/aromatic N) is 2. The van der Waals surface area contributed by atoms with Gasteiger partial charge in [-0.3, -0.25) is 4.79 Å². The third-order valence-electron chi connectivity index (χ3n) is 3.33. The monoisotopic (exact) mass is 359 g/mol. The first kappa shape index (κ1) is 16.5. The van der Waals surface area contributed by atoms with Gasteiger partial charge in [-0.15, -0.1) is 0 Å². The second-order valence-corrected chi connectivity index (χ2v) is 5.98. The molecule has 1 aromatic heterocycles. The lowest BCUT2D eigenvalue weighted by Gasteiger charge is -2.10. The van der Waals surface area contributed by atoms with E-state index in [9.17, 15) is 4.79 Å². The Kier molecular flexibility index (Phi) is 6.66. The number of nitrogens with one attached hydrogen (secondary N) is 1. The van der Waals surface area contributed by atoms with Gasteiger partial charge < -0.3 is 14.8 Å². The van der Waals surface area contributed by atoms with Crippen molar-refractivity contribution in [1.82, 2.24) is 9.78 Å². The van der Waals surface area contributed by atoms with Gasteiger partial charge >= 0.3 is 0 Å². The molecule has 1 aliphatic carbocycles. The lowest BCUT2D eigenvalue weighted by Crippen LogP contribution is -2.25. The fraction of sp³-hybridized carbons (Fsp3) is 0.714. The lowest BCUT2D eigenvalue weighted by molar-refractivity contribution is 0.0705. The van der Waals surface area contributed by atoms with Gasteiger partial charge in [0.2, 0.25) is 0 Å². The highest BCUT2D eigenvalue weighted by Gasteiger charge is 2.23. The van der Waals surface area contributed by atoms with E-state index in [-0.39, 0.29) is 5.56 Å². The summed E-state index contributed by atoms with van der Waals surface area (Å²) in [6.45, 7) is 3.35. The summed E-state index contributed by atoms with van der Waals surface area (Å²) in [6, 6.07) is 0. The van der Waals surface area contributed by atoms with Gasteiger partial charge in [0.25, 0.3) is 5.56 Å². The highest BCUT2D eigenvalue weighted by molar-refractivity contribution is 9.10. The Hall–Kier alpha value is -0.920. The molecule has 0 saturated heterocycles. The molecule has 1 N–H and O–H groups in total. The molecule has 1 heterocycles. The summed E-state index contributed by atoms with van der Waals surface area (Å²) in [5, 5.41) is 7.43. The number of anilines is 1. The maximum atomic E-state index is 12.1. The lowest BCUT2D eigenvalue weighted by atomic mass is 10.4. The maximum absolute atomic E-state index is 12.1. The molecule has 2 rings (SSSR count). The van der Waals surface area contributed by atoms with Gasteiger partial charge in [0.05, 0.1) is 25.1 Å². The predicted octanol–water partition coefficient (Wildman–Crippen LogP) is 1.88. The molecule has 0 aliphatic heterocycles. The molecule has 6 nitrogen and oxygen atoms in total. The van der Waals surface area contributed by atoms with Gasteiger partial charge in [0.15, 0.2) is 0 Å². The molecule has 1 aromatic rings. The molecule has 21 heavy (non-hydrogen) atoms. The maximum Gasteiger partial charge on any atom is 0.283 e. The van der Waals surface area contributed by atoms with E-state index in [1.54, 1.807) is 18.0 Å². The van der Waals surface area contributed by atoms with Crippen LogP contribution in [0.4, 0.5) is 5.69 Å². The van der Waals surface area contributed by atoms with E-state index in [0.29, 0.717) is 30.2 Å². The van der Waals surface area contributed by atoms with E-state index in [2.05, 4.69) is 26.3 Å². The molecule has 0 spiro atoms. The van der Waals surface area contributed by atoms with Crippen molar-refractivity contribution in [3.05, 3.63) is 21.0 Å². The van der Waals surface area contributed by atoms with E-state index in [4.69, 9.17) is 9.47 Å². The minimum absolute atomic E-state index is 0.0664. The Bertz CT molecular complexity index is 503. The average Bonchev–Trinajstić information content (AvgIpc) is 3.29. The van der Waals surface area contributed by atoms with Gasteiger partial charge in [-0.2, -0.15) is 5.10 Å². The quantitative estimate of drug-likeness (QED) is 0.646. The molecule has 1 aliphatic rings. The standard InChI is InChI=1S/C14H22BrN3O3/c1-20-7-8-21-6-2-5-16-12-9-17-18(10-11-3-4-11)14(19)13(12)15/h9,11,16H,2-8,10H2,1H3. The molecule has 0 radical (unpaired) electrons. The summed E-state index contributed by atoms with van der Waals surface area (Å²) in [6.07, 6.45) is 4.98. The Morgan fingerprint density at radius 2 is 2.24 bits per heavy atom. The second kappa shape index (κ2) is 8.51. The van der Waals surface area contributed by atoms with Gasteiger partial charge in [-0.05, 0) is 41.1 Å². The molecule has 0 unspecified atom stereocenters. The van der Waals surface area contributed by atoms with E-state index in [0.717, 1.165) is 25.2 Å². The minimum Gasteiger partial charge on any atom is -0.383 e. The van der Waals surface area contributed by atoms with Gasteiger partial charge in [-0.1, -0.05) is 0 Å². The highest BCUT2D eigenvalue weighted by atomic mass is 79.9. The first-order valence-corrected chi connectivity index (χ1v) is 8.08. The summed E-state index contributed by atoms with van der Waals surface area (Å²) in [5.74, 6) is 0.630. The van der Waals surface area contributed by atoms with E-state index in [1.807, 2.05) is 0 Å². The van der Waals surface area contributed by atoms with Gasteiger partial charge in [0.1, 0.15) is 4.47 Å². The van der Waals surface area contributed by atoms with E-state index >= 15 is 0 Å². The zero-order chi connectivity index (χ0) is 15.1. The first-order valence-electron chi connectivity index (χ1n) is 7.28. The Balaban J connectivity index is 1.75. The van der Waals surface area contributed by atoms with Crippen molar-refractivity contribution in [3.8, 4) is 0 Å². The van der Waals surface area contributed by atoms with Crippen LogP contribution < -0.4 is 10.9 Å². The topological polar surface area (TPSA) is 65.4 Å². The zero-order valence-corrected chi connectivity index (χ0v) is 13.9. The Morgan fingerprint density at radius 1 is 1.43 bits per heavy atom. The summed E-state index contributed by atoms with van der Waals surface area (Å²) < 4.78 is 12.4. The predicted molar refractivity (Wildman–Crippen MR) is 84.7 cm³/mol. The number of halogens is 1. The molecule has 1 fully saturated rings. The number of hydrogen-bond acceptors (Lipinski definition) is 5. The van der Waals surface area contributed by atoms with E-state index < -0.39 is 0 Å². The summed E-state index contributed by atoms with van der Waals surface area (Å²) in [5.41, 5.74) is 0.673. The van der Waals surface area contributed by atoms with Crippen LogP contribution >= 0.6 is 15.9 Å². The largest absolute Gasteiger partial charge is 0.383 e. The number of methoxy groups -OCH3 is 1. The summed E-state index contributed by atoms with van der Waals surface area (Å²) >= 11 is 3.36. The van der Waals surface area contributed by atoms with Crippen LogP contribution in [0, 0.1) is 5.92 Å². The molecule has 1 saturated carbocycles. The van der Waals surface area contributed by atoms with Crippen LogP contribution in [0.25, 0.3) is 0 Å². The Morgan fingerprint density at radius 3 is 2.95 bits per heavy atom. The normalized spacial score (nSPS) is 14.4. The zero-order valence-electron chi connectivity index (χ0n) is 12.3.